The van der Waals surface area contributed by atoms with Crippen LogP contribution in [0.1, 0.15) is 37.9 Å². The Balaban J connectivity index is 2.84. The van der Waals surface area contributed by atoms with Crippen LogP contribution in [0.5, 0.6) is 5.75 Å². The van der Waals surface area contributed by atoms with E-state index >= 15 is 0 Å². The number of aryl methyl sites for hydroxylation is 1. The van der Waals surface area contributed by atoms with Gasteiger partial charge < -0.3 is 9.67 Å². The molecule has 0 fully saturated rings. The van der Waals surface area contributed by atoms with Crippen LogP contribution in [0.25, 0.3) is 10.9 Å². The number of fused-ring (bicyclic) bond motifs is 1. The Bertz CT molecular complexity index is 608. The maximum absolute atomic E-state index is 11.5. The van der Waals surface area contributed by atoms with E-state index in [0.717, 1.165) is 22.2 Å². The molecular weight excluding hydrogens is 226 g/mol. The Hall–Kier alpha value is -1.77. The van der Waals surface area contributed by atoms with Crippen molar-refractivity contribution in [3.8, 4) is 5.75 Å². The SMILES string of the molecule is CC(=O)Cc1c(C(C)C)n(C)c2cccc(O)c12. The van der Waals surface area contributed by atoms with Gasteiger partial charge in [-0.25, -0.2) is 0 Å². The molecule has 18 heavy (non-hydrogen) atoms. The highest BCUT2D eigenvalue weighted by molar-refractivity contribution is 5.94. The van der Waals surface area contributed by atoms with Crippen LogP contribution in [0.4, 0.5) is 0 Å². The fraction of sp³-hybridized carbons (Fsp3) is 0.400. The van der Waals surface area contributed by atoms with Crippen molar-refractivity contribution in [2.45, 2.75) is 33.1 Å². The lowest BCUT2D eigenvalue weighted by Gasteiger charge is -2.10. The molecule has 0 spiro atoms. The minimum absolute atomic E-state index is 0.118. The summed E-state index contributed by atoms with van der Waals surface area (Å²) in [7, 11) is 1.99. The van der Waals surface area contributed by atoms with E-state index in [4.69, 9.17) is 0 Å². The number of benzene rings is 1. The normalized spacial score (nSPS) is 11.4. The van der Waals surface area contributed by atoms with Gasteiger partial charge in [-0.2, -0.15) is 0 Å². The van der Waals surface area contributed by atoms with Crippen LogP contribution < -0.4 is 0 Å². The number of carbonyl (C=O) groups is 1. The molecule has 3 nitrogen and oxygen atoms in total. The van der Waals surface area contributed by atoms with Gasteiger partial charge in [-0.05, 0) is 30.5 Å². The van der Waals surface area contributed by atoms with Crippen molar-refractivity contribution in [3.63, 3.8) is 0 Å². The topological polar surface area (TPSA) is 42.2 Å². The van der Waals surface area contributed by atoms with E-state index in [1.165, 1.54) is 0 Å². The predicted molar refractivity (Wildman–Crippen MR) is 73.1 cm³/mol. The molecular formula is C15H19NO2. The molecule has 0 radical (unpaired) electrons. The molecule has 0 bridgehead atoms. The van der Waals surface area contributed by atoms with Crippen LogP contribution in [0.2, 0.25) is 0 Å². The highest BCUT2D eigenvalue weighted by Gasteiger charge is 2.20. The molecule has 1 aromatic carbocycles. The number of phenols is 1. The predicted octanol–water partition coefficient (Wildman–Crippen LogP) is 3.14. The summed E-state index contributed by atoms with van der Waals surface area (Å²) in [6, 6.07) is 5.49. The van der Waals surface area contributed by atoms with Crippen LogP contribution in [-0.4, -0.2) is 15.5 Å². The van der Waals surface area contributed by atoms with E-state index in [-0.39, 0.29) is 11.5 Å². The number of phenolic OH excluding ortho intramolecular Hbond substituents is 1. The largest absolute Gasteiger partial charge is 0.507 e. The quantitative estimate of drug-likeness (QED) is 0.902. The van der Waals surface area contributed by atoms with E-state index < -0.39 is 0 Å². The van der Waals surface area contributed by atoms with Gasteiger partial charge in [-0.15, -0.1) is 0 Å². The molecule has 1 aromatic heterocycles. The number of Topliss-reactive ketones (excluding diaryl/α,β-unsaturated/α-hetero) is 1. The molecule has 96 valence electrons. The van der Waals surface area contributed by atoms with Gasteiger partial charge in [0.15, 0.2) is 0 Å². The van der Waals surface area contributed by atoms with Crippen LogP contribution >= 0.6 is 0 Å². The third-order valence-electron chi connectivity index (χ3n) is 3.33. The van der Waals surface area contributed by atoms with E-state index in [1.807, 2.05) is 19.2 Å². The summed E-state index contributed by atoms with van der Waals surface area (Å²) in [5.41, 5.74) is 3.07. The van der Waals surface area contributed by atoms with E-state index in [0.29, 0.717) is 12.3 Å². The first-order valence-corrected chi connectivity index (χ1v) is 6.22. The second-order valence-corrected chi connectivity index (χ2v) is 5.13. The number of carbonyl (C=O) groups excluding carboxylic acids is 1. The van der Waals surface area contributed by atoms with Crippen molar-refractivity contribution in [2.24, 2.45) is 7.05 Å². The van der Waals surface area contributed by atoms with Crippen LogP contribution in [-0.2, 0) is 18.3 Å². The van der Waals surface area contributed by atoms with E-state index in [1.54, 1.807) is 13.0 Å². The zero-order valence-electron chi connectivity index (χ0n) is 11.3. The number of rotatable bonds is 3. The van der Waals surface area contributed by atoms with E-state index in [9.17, 15) is 9.90 Å². The van der Waals surface area contributed by atoms with E-state index in [2.05, 4.69) is 18.4 Å². The van der Waals surface area contributed by atoms with Gasteiger partial charge in [-0.1, -0.05) is 19.9 Å². The lowest BCUT2D eigenvalue weighted by molar-refractivity contribution is -0.116. The molecule has 0 saturated heterocycles. The van der Waals surface area contributed by atoms with Gasteiger partial charge in [0.05, 0.1) is 5.52 Å². The van der Waals surface area contributed by atoms with Crippen molar-refractivity contribution in [1.29, 1.82) is 0 Å². The molecule has 0 atom stereocenters. The van der Waals surface area contributed by atoms with Crippen LogP contribution in [0.3, 0.4) is 0 Å². The summed E-state index contributed by atoms with van der Waals surface area (Å²) in [4.78, 5) is 11.5. The second kappa shape index (κ2) is 4.48. The minimum atomic E-state index is 0.118. The number of hydrogen-bond acceptors (Lipinski definition) is 2. The van der Waals surface area contributed by atoms with Gasteiger partial charge in [0.2, 0.25) is 0 Å². The molecule has 2 aromatic rings. The third kappa shape index (κ3) is 1.90. The van der Waals surface area contributed by atoms with Crippen molar-refractivity contribution >= 4 is 16.7 Å². The van der Waals surface area contributed by atoms with Crippen molar-refractivity contribution in [2.75, 3.05) is 0 Å². The molecule has 0 aliphatic rings. The monoisotopic (exact) mass is 245 g/mol. The number of hydrogen-bond donors (Lipinski definition) is 1. The second-order valence-electron chi connectivity index (χ2n) is 5.13. The van der Waals surface area contributed by atoms with Crippen LogP contribution in [0.15, 0.2) is 18.2 Å². The Kier molecular flexibility index (Phi) is 3.16. The fourth-order valence-electron chi connectivity index (χ4n) is 2.74. The Morgan fingerprint density at radius 2 is 2.06 bits per heavy atom. The van der Waals surface area contributed by atoms with Gasteiger partial charge in [0.25, 0.3) is 0 Å². The Morgan fingerprint density at radius 3 is 2.61 bits per heavy atom. The summed E-state index contributed by atoms with van der Waals surface area (Å²) in [6.45, 7) is 5.80. The first-order valence-electron chi connectivity index (χ1n) is 6.22. The summed E-state index contributed by atoms with van der Waals surface area (Å²) in [5, 5.41) is 10.9. The molecule has 2 rings (SSSR count). The zero-order chi connectivity index (χ0) is 13.4. The maximum atomic E-state index is 11.5. The molecule has 3 heteroatoms. The summed E-state index contributed by atoms with van der Waals surface area (Å²) < 4.78 is 2.08. The number of aromatic hydroxyl groups is 1. The first kappa shape index (κ1) is 12.7. The number of ketones is 1. The number of aromatic nitrogens is 1. The highest BCUT2D eigenvalue weighted by atomic mass is 16.3. The Morgan fingerprint density at radius 1 is 1.39 bits per heavy atom. The molecule has 0 unspecified atom stereocenters. The van der Waals surface area contributed by atoms with Gasteiger partial charge in [-0.3, -0.25) is 4.79 Å². The Labute approximate surface area is 107 Å². The summed E-state index contributed by atoms with van der Waals surface area (Å²) in [6.07, 6.45) is 0.377. The molecule has 0 aliphatic carbocycles. The van der Waals surface area contributed by atoms with Crippen molar-refractivity contribution in [3.05, 3.63) is 29.5 Å². The summed E-state index contributed by atoms with van der Waals surface area (Å²) in [5.74, 6) is 0.690. The summed E-state index contributed by atoms with van der Waals surface area (Å²) >= 11 is 0. The minimum Gasteiger partial charge on any atom is -0.507 e. The fourth-order valence-corrected chi connectivity index (χ4v) is 2.74. The first-order chi connectivity index (χ1) is 8.43. The zero-order valence-corrected chi connectivity index (χ0v) is 11.3. The molecule has 0 aliphatic heterocycles. The lowest BCUT2D eigenvalue weighted by atomic mass is 9.99. The smallest absolute Gasteiger partial charge is 0.134 e. The molecule has 1 heterocycles. The number of nitrogens with zero attached hydrogens (tertiary/aromatic N) is 1. The van der Waals surface area contributed by atoms with Gasteiger partial charge >= 0.3 is 0 Å². The average molecular weight is 245 g/mol. The lowest BCUT2D eigenvalue weighted by Crippen LogP contribution is -2.04. The molecule has 1 N–H and O–H groups in total. The van der Waals surface area contributed by atoms with Gasteiger partial charge in [0, 0.05) is 24.5 Å². The molecule has 0 amide bonds. The highest BCUT2D eigenvalue weighted by Crippen LogP contribution is 2.35. The van der Waals surface area contributed by atoms with Crippen molar-refractivity contribution in [1.82, 2.24) is 4.57 Å². The van der Waals surface area contributed by atoms with Crippen molar-refractivity contribution < 1.29 is 9.90 Å². The maximum Gasteiger partial charge on any atom is 0.134 e. The molecule has 0 saturated carbocycles. The third-order valence-corrected chi connectivity index (χ3v) is 3.33. The average Bonchev–Trinajstić information content (AvgIpc) is 2.52. The standard InChI is InChI=1S/C15H19NO2/c1-9(2)15-11(8-10(3)17)14-12(16(15)4)6-5-7-13(14)18/h5-7,9,18H,8H2,1-4H3. The van der Waals surface area contributed by atoms with Gasteiger partial charge in [0.1, 0.15) is 11.5 Å². The van der Waals surface area contributed by atoms with Crippen LogP contribution in [0, 0.1) is 0 Å².